The Morgan fingerprint density at radius 3 is 2.60 bits per heavy atom. The fourth-order valence-corrected chi connectivity index (χ4v) is 4.32. The number of rotatable bonds is 9. The van der Waals surface area contributed by atoms with E-state index in [0.29, 0.717) is 36.3 Å². The average molecular weight is 481 g/mol. The molecular formula is C26H32N4O5. The van der Waals surface area contributed by atoms with Gasteiger partial charge in [-0.2, -0.15) is 4.98 Å². The van der Waals surface area contributed by atoms with Crippen LogP contribution in [0.15, 0.2) is 47.0 Å². The third-order valence-electron chi connectivity index (χ3n) is 6.32. The van der Waals surface area contributed by atoms with Crippen LogP contribution in [0, 0.1) is 5.92 Å². The van der Waals surface area contributed by atoms with Crippen LogP contribution in [0.4, 0.5) is 0 Å². The van der Waals surface area contributed by atoms with Gasteiger partial charge in [0, 0.05) is 12.1 Å². The summed E-state index contributed by atoms with van der Waals surface area (Å²) < 4.78 is 21.4. The molecular weight excluding hydrogens is 448 g/mol. The van der Waals surface area contributed by atoms with Gasteiger partial charge in [0.05, 0.1) is 39.8 Å². The number of amides is 1. The smallest absolute Gasteiger partial charge is 0.241 e. The molecule has 186 valence electrons. The molecule has 4 rings (SSSR count). The highest BCUT2D eigenvalue weighted by Gasteiger charge is 2.28. The molecule has 1 aliphatic rings. The van der Waals surface area contributed by atoms with E-state index < -0.39 is 0 Å². The molecule has 0 radical (unpaired) electrons. The molecule has 2 heterocycles. The molecule has 0 spiro atoms. The van der Waals surface area contributed by atoms with Crippen LogP contribution < -0.4 is 19.5 Å². The summed E-state index contributed by atoms with van der Waals surface area (Å²) in [5, 5.41) is 7.28. The first-order chi connectivity index (χ1) is 17.0. The van der Waals surface area contributed by atoms with Gasteiger partial charge in [-0.15, -0.1) is 0 Å². The van der Waals surface area contributed by atoms with Gasteiger partial charge in [-0.25, -0.2) is 0 Å². The number of hydrogen-bond acceptors (Lipinski definition) is 8. The van der Waals surface area contributed by atoms with Gasteiger partial charge >= 0.3 is 0 Å². The first-order valence-corrected chi connectivity index (χ1v) is 11.7. The Morgan fingerprint density at radius 2 is 1.89 bits per heavy atom. The van der Waals surface area contributed by atoms with E-state index in [1.807, 2.05) is 49.4 Å². The topological polar surface area (TPSA) is 99.0 Å². The van der Waals surface area contributed by atoms with Gasteiger partial charge in [0.1, 0.15) is 5.75 Å². The lowest BCUT2D eigenvalue weighted by Gasteiger charge is -2.31. The standard InChI is InChI=1S/C26H32N4O5/c1-17(18-7-10-21(32-2)11-8-18)27-26(31)20-6-5-13-30(15-20)16-24-28-25(29-35-24)19-9-12-22(33-3)23(14-19)34-4/h7-12,14,17,20H,5-6,13,15-16H2,1-4H3,(H,27,31). The van der Waals surface area contributed by atoms with E-state index in [1.165, 1.54) is 0 Å². The molecule has 35 heavy (non-hydrogen) atoms. The highest BCUT2D eigenvalue weighted by Crippen LogP contribution is 2.31. The molecule has 1 fully saturated rings. The van der Waals surface area contributed by atoms with Crippen molar-refractivity contribution in [1.82, 2.24) is 20.4 Å². The molecule has 2 aromatic carbocycles. The Bertz CT molecular complexity index is 1130. The number of hydrogen-bond donors (Lipinski definition) is 1. The maximum Gasteiger partial charge on any atom is 0.241 e. The molecule has 1 aliphatic heterocycles. The van der Waals surface area contributed by atoms with Crippen LogP contribution in [0.3, 0.4) is 0 Å². The van der Waals surface area contributed by atoms with Crippen LogP contribution in [0.25, 0.3) is 11.4 Å². The van der Waals surface area contributed by atoms with Gasteiger partial charge in [0.15, 0.2) is 11.5 Å². The Balaban J connectivity index is 1.35. The summed E-state index contributed by atoms with van der Waals surface area (Å²) >= 11 is 0. The van der Waals surface area contributed by atoms with Gasteiger partial charge < -0.3 is 24.1 Å². The fourth-order valence-electron chi connectivity index (χ4n) is 4.32. The molecule has 9 nitrogen and oxygen atoms in total. The Kier molecular flexibility index (Phi) is 7.87. The number of nitrogens with zero attached hydrogens (tertiary/aromatic N) is 3. The van der Waals surface area contributed by atoms with Crippen molar-refractivity contribution in [3.63, 3.8) is 0 Å². The highest BCUT2D eigenvalue weighted by atomic mass is 16.5. The molecule has 3 aromatic rings. The zero-order valence-corrected chi connectivity index (χ0v) is 20.6. The molecule has 0 saturated carbocycles. The number of carbonyl (C=O) groups is 1. The maximum atomic E-state index is 13.0. The number of piperidine rings is 1. The molecule has 1 N–H and O–H groups in total. The average Bonchev–Trinajstić information content (AvgIpc) is 3.36. The Morgan fingerprint density at radius 1 is 1.11 bits per heavy atom. The number of methoxy groups -OCH3 is 3. The number of nitrogens with one attached hydrogen (secondary N) is 1. The minimum absolute atomic E-state index is 0.0644. The van der Waals surface area contributed by atoms with E-state index in [9.17, 15) is 4.79 Å². The van der Waals surface area contributed by atoms with E-state index in [4.69, 9.17) is 18.7 Å². The van der Waals surface area contributed by atoms with E-state index in [0.717, 1.165) is 36.3 Å². The SMILES string of the molecule is COc1ccc(C(C)NC(=O)C2CCCN(Cc3nc(-c4ccc(OC)c(OC)c4)no3)C2)cc1. The molecule has 1 aromatic heterocycles. The Labute approximate surface area is 205 Å². The highest BCUT2D eigenvalue weighted by molar-refractivity contribution is 5.79. The molecule has 2 atom stereocenters. The normalized spacial score (nSPS) is 17.0. The summed E-state index contributed by atoms with van der Waals surface area (Å²) in [7, 11) is 4.82. The fraction of sp³-hybridized carbons (Fsp3) is 0.423. The second-order valence-electron chi connectivity index (χ2n) is 8.66. The van der Waals surface area contributed by atoms with Gasteiger partial charge in [-0.1, -0.05) is 17.3 Å². The van der Waals surface area contributed by atoms with E-state index in [2.05, 4.69) is 20.4 Å². The molecule has 1 saturated heterocycles. The van der Waals surface area contributed by atoms with Gasteiger partial charge in [-0.05, 0) is 62.2 Å². The van der Waals surface area contributed by atoms with Crippen LogP contribution >= 0.6 is 0 Å². The second kappa shape index (κ2) is 11.2. The molecule has 0 aliphatic carbocycles. The summed E-state index contributed by atoms with van der Waals surface area (Å²) in [4.78, 5) is 19.7. The third kappa shape index (κ3) is 5.92. The van der Waals surface area contributed by atoms with Crippen molar-refractivity contribution in [3.05, 3.63) is 53.9 Å². The summed E-state index contributed by atoms with van der Waals surface area (Å²) in [6.45, 7) is 4.02. The minimum Gasteiger partial charge on any atom is -0.497 e. The van der Waals surface area contributed by atoms with Crippen molar-refractivity contribution in [1.29, 1.82) is 0 Å². The summed E-state index contributed by atoms with van der Waals surface area (Å²) in [5.41, 5.74) is 1.82. The zero-order chi connectivity index (χ0) is 24.8. The van der Waals surface area contributed by atoms with Crippen LogP contribution in [-0.2, 0) is 11.3 Å². The van der Waals surface area contributed by atoms with Crippen LogP contribution in [0.2, 0.25) is 0 Å². The molecule has 0 bridgehead atoms. The maximum absolute atomic E-state index is 13.0. The zero-order valence-electron chi connectivity index (χ0n) is 20.6. The number of likely N-dealkylation sites (tertiary alicyclic amines) is 1. The quantitative estimate of drug-likeness (QED) is 0.493. The lowest BCUT2D eigenvalue weighted by Crippen LogP contribution is -2.43. The van der Waals surface area contributed by atoms with Crippen molar-refractivity contribution >= 4 is 5.91 Å². The van der Waals surface area contributed by atoms with Crippen molar-refractivity contribution in [3.8, 4) is 28.6 Å². The van der Waals surface area contributed by atoms with Crippen molar-refractivity contribution in [2.45, 2.75) is 32.4 Å². The lowest BCUT2D eigenvalue weighted by atomic mass is 9.96. The predicted molar refractivity (Wildman–Crippen MR) is 130 cm³/mol. The van der Waals surface area contributed by atoms with Gasteiger partial charge in [-0.3, -0.25) is 9.69 Å². The molecule has 9 heteroatoms. The summed E-state index contributed by atoms with van der Waals surface area (Å²) in [6.07, 6.45) is 1.80. The lowest BCUT2D eigenvalue weighted by molar-refractivity contribution is -0.127. The predicted octanol–water partition coefficient (Wildman–Crippen LogP) is 3.85. The van der Waals surface area contributed by atoms with Crippen LogP contribution in [-0.4, -0.2) is 55.4 Å². The first-order valence-electron chi connectivity index (χ1n) is 11.7. The monoisotopic (exact) mass is 480 g/mol. The van der Waals surface area contributed by atoms with Crippen molar-refractivity contribution in [2.75, 3.05) is 34.4 Å². The minimum atomic E-state index is -0.0855. The van der Waals surface area contributed by atoms with E-state index >= 15 is 0 Å². The summed E-state index contributed by atoms with van der Waals surface area (Å²) in [6, 6.07) is 13.2. The van der Waals surface area contributed by atoms with Crippen LogP contribution in [0.5, 0.6) is 17.2 Å². The van der Waals surface area contributed by atoms with Crippen molar-refractivity contribution in [2.24, 2.45) is 5.92 Å². The number of aromatic nitrogens is 2. The molecule has 1 amide bonds. The second-order valence-corrected chi connectivity index (χ2v) is 8.66. The molecule has 2 unspecified atom stereocenters. The number of ether oxygens (including phenoxy) is 3. The van der Waals surface area contributed by atoms with Crippen LogP contribution in [0.1, 0.15) is 37.3 Å². The number of carbonyl (C=O) groups excluding carboxylic acids is 1. The van der Waals surface area contributed by atoms with E-state index in [1.54, 1.807) is 21.3 Å². The van der Waals surface area contributed by atoms with Gasteiger partial charge in [0.2, 0.25) is 17.6 Å². The van der Waals surface area contributed by atoms with E-state index in [-0.39, 0.29) is 17.9 Å². The third-order valence-corrected chi connectivity index (χ3v) is 6.32. The number of benzene rings is 2. The summed E-state index contributed by atoms with van der Waals surface area (Å²) in [5.74, 6) is 3.02. The Hall–Kier alpha value is -3.59. The van der Waals surface area contributed by atoms with Crippen molar-refractivity contribution < 1.29 is 23.5 Å². The van der Waals surface area contributed by atoms with Gasteiger partial charge in [0.25, 0.3) is 0 Å². The largest absolute Gasteiger partial charge is 0.497 e. The first kappa shape index (κ1) is 24.5.